The Balaban J connectivity index is 1.77. The zero-order valence-electron chi connectivity index (χ0n) is 14.4. The molecule has 0 N–H and O–H groups in total. The first-order chi connectivity index (χ1) is 12.4. The van der Waals surface area contributed by atoms with Gasteiger partial charge in [0.05, 0.1) is 4.90 Å². The molecule has 0 aliphatic carbocycles. The maximum atomic E-state index is 12.4. The third-order valence-corrected chi connectivity index (χ3v) is 5.56. The molecule has 0 radical (unpaired) electrons. The molecule has 0 amide bonds. The van der Waals surface area contributed by atoms with Gasteiger partial charge >= 0.3 is 5.97 Å². The Labute approximate surface area is 152 Å². The zero-order chi connectivity index (χ0) is 18.7. The molecule has 1 heterocycles. The van der Waals surface area contributed by atoms with Crippen LogP contribution >= 0.6 is 0 Å². The van der Waals surface area contributed by atoms with Crippen molar-refractivity contribution in [3.63, 3.8) is 0 Å². The van der Waals surface area contributed by atoms with Crippen molar-refractivity contribution in [3.05, 3.63) is 83.3 Å². The summed E-state index contributed by atoms with van der Waals surface area (Å²) in [5.41, 5.74) is 1.66. The van der Waals surface area contributed by atoms with Crippen LogP contribution in [0, 0.1) is 13.8 Å². The van der Waals surface area contributed by atoms with E-state index < -0.39 is 15.8 Å². The predicted molar refractivity (Wildman–Crippen MR) is 96.9 cm³/mol. The second kappa shape index (κ2) is 7.17. The van der Waals surface area contributed by atoms with Gasteiger partial charge in [-0.15, -0.1) is 0 Å². The molecule has 3 rings (SSSR count). The Morgan fingerprint density at radius 3 is 2.23 bits per heavy atom. The number of carbonyl (C=O) groups is 1. The van der Waals surface area contributed by atoms with Gasteiger partial charge in [0.15, 0.2) is 9.84 Å². The highest BCUT2D eigenvalue weighted by molar-refractivity contribution is 7.90. The molecule has 6 heteroatoms. The molecule has 0 saturated heterocycles. The minimum Gasteiger partial charge on any atom is -0.453 e. The lowest BCUT2D eigenvalue weighted by atomic mass is 10.1. The van der Waals surface area contributed by atoms with Crippen LogP contribution in [0.15, 0.2) is 70.0 Å². The molecule has 0 bridgehead atoms. The maximum absolute atomic E-state index is 12.4. The molecule has 0 spiro atoms. The van der Waals surface area contributed by atoms with Crippen molar-refractivity contribution in [2.75, 3.05) is 0 Å². The van der Waals surface area contributed by atoms with Crippen LogP contribution in [0.3, 0.4) is 0 Å². The summed E-state index contributed by atoms with van der Waals surface area (Å²) in [7, 11) is -3.54. The molecule has 1 aromatic heterocycles. The number of rotatable bonds is 5. The van der Waals surface area contributed by atoms with Crippen molar-refractivity contribution < 1.29 is 22.4 Å². The third-order valence-electron chi connectivity index (χ3n) is 3.90. The average Bonchev–Trinajstić information content (AvgIpc) is 3.07. The van der Waals surface area contributed by atoms with Crippen LogP contribution in [0.5, 0.6) is 5.75 Å². The molecule has 0 unspecified atom stereocenters. The number of furan rings is 1. The van der Waals surface area contributed by atoms with E-state index in [0.717, 1.165) is 11.1 Å². The molecule has 0 fully saturated rings. The lowest BCUT2D eigenvalue weighted by molar-refractivity contribution is 0.0697. The molecule has 26 heavy (non-hydrogen) atoms. The minimum atomic E-state index is -3.54. The van der Waals surface area contributed by atoms with E-state index in [4.69, 9.17) is 9.15 Å². The summed E-state index contributed by atoms with van der Waals surface area (Å²) in [5, 5.41) is 0. The predicted octanol–water partition coefficient (Wildman–Crippen LogP) is 4.09. The number of esters is 1. The fraction of sp³-hybridized carbons (Fsp3) is 0.150. The van der Waals surface area contributed by atoms with Crippen molar-refractivity contribution in [2.45, 2.75) is 24.5 Å². The fourth-order valence-electron chi connectivity index (χ4n) is 2.57. The topological polar surface area (TPSA) is 73.6 Å². The number of benzene rings is 2. The summed E-state index contributed by atoms with van der Waals surface area (Å²) in [6.07, 6.45) is 0. The smallest absolute Gasteiger partial charge is 0.379 e. The van der Waals surface area contributed by atoms with Gasteiger partial charge in [-0.2, -0.15) is 0 Å². The average molecular weight is 370 g/mol. The lowest BCUT2D eigenvalue weighted by Crippen LogP contribution is -2.09. The Hall–Kier alpha value is -2.86. The van der Waals surface area contributed by atoms with Gasteiger partial charge in [-0.1, -0.05) is 36.4 Å². The van der Waals surface area contributed by atoms with Crippen LogP contribution in [0.25, 0.3) is 0 Å². The minimum absolute atomic E-state index is 0.0362. The molecular formula is C20H18O5S. The zero-order valence-corrected chi connectivity index (χ0v) is 15.2. The molecule has 3 aromatic rings. The highest BCUT2D eigenvalue weighted by Crippen LogP contribution is 2.24. The SMILES string of the molecule is Cc1cccc(C)c1OC(=O)c1ccc(CS(=O)(=O)c2ccccc2)o1. The van der Waals surface area contributed by atoms with Crippen molar-refractivity contribution in [3.8, 4) is 5.75 Å². The number of ether oxygens (including phenoxy) is 1. The third kappa shape index (κ3) is 3.86. The van der Waals surface area contributed by atoms with Crippen molar-refractivity contribution in [2.24, 2.45) is 0 Å². The second-order valence-corrected chi connectivity index (χ2v) is 7.94. The van der Waals surface area contributed by atoms with Crippen molar-refractivity contribution in [1.82, 2.24) is 0 Å². The van der Waals surface area contributed by atoms with Gasteiger partial charge in [0.2, 0.25) is 5.76 Å². The Bertz CT molecular complexity index is 1010. The normalized spacial score (nSPS) is 11.3. The highest BCUT2D eigenvalue weighted by atomic mass is 32.2. The first-order valence-electron chi connectivity index (χ1n) is 8.02. The van der Waals surface area contributed by atoms with Gasteiger partial charge in [0.25, 0.3) is 0 Å². The first-order valence-corrected chi connectivity index (χ1v) is 9.67. The van der Waals surface area contributed by atoms with Crippen LogP contribution in [-0.4, -0.2) is 14.4 Å². The van der Waals surface area contributed by atoms with Gasteiger partial charge in [0.1, 0.15) is 17.3 Å². The van der Waals surface area contributed by atoms with E-state index in [1.54, 1.807) is 18.2 Å². The molecular weight excluding hydrogens is 352 g/mol. The van der Waals surface area contributed by atoms with Crippen LogP contribution < -0.4 is 4.74 Å². The van der Waals surface area contributed by atoms with E-state index in [-0.39, 0.29) is 22.2 Å². The fourth-order valence-corrected chi connectivity index (χ4v) is 3.83. The standard InChI is InChI=1S/C20H18O5S/c1-14-7-6-8-15(2)19(14)25-20(21)18-12-11-16(24-18)13-26(22,23)17-9-4-3-5-10-17/h3-12H,13H2,1-2H3. The molecule has 5 nitrogen and oxygen atoms in total. The largest absolute Gasteiger partial charge is 0.453 e. The summed E-state index contributed by atoms with van der Waals surface area (Å²) in [6.45, 7) is 3.69. The second-order valence-electron chi connectivity index (χ2n) is 5.95. The van der Waals surface area contributed by atoms with Crippen molar-refractivity contribution >= 4 is 15.8 Å². The van der Waals surface area contributed by atoms with Crippen molar-refractivity contribution in [1.29, 1.82) is 0 Å². The van der Waals surface area contributed by atoms with Crippen LogP contribution in [0.2, 0.25) is 0 Å². The number of hydrogen-bond acceptors (Lipinski definition) is 5. The highest BCUT2D eigenvalue weighted by Gasteiger charge is 2.20. The van der Waals surface area contributed by atoms with Crippen LogP contribution in [-0.2, 0) is 15.6 Å². The van der Waals surface area contributed by atoms with Gasteiger partial charge in [-0.3, -0.25) is 0 Å². The molecule has 2 aromatic carbocycles. The molecule has 134 valence electrons. The van der Waals surface area contributed by atoms with E-state index in [1.165, 1.54) is 24.3 Å². The number of aryl methyl sites for hydroxylation is 2. The Kier molecular flexibility index (Phi) is 4.95. The van der Waals surface area contributed by atoms with E-state index in [9.17, 15) is 13.2 Å². The number of para-hydroxylation sites is 1. The summed E-state index contributed by atoms with van der Waals surface area (Å²) in [4.78, 5) is 12.5. The molecule has 0 aliphatic heterocycles. The van der Waals surface area contributed by atoms with Gasteiger partial charge in [-0.25, -0.2) is 13.2 Å². The van der Waals surface area contributed by atoms with E-state index in [0.29, 0.717) is 5.75 Å². The number of hydrogen-bond donors (Lipinski definition) is 0. The molecule has 0 saturated carbocycles. The monoisotopic (exact) mass is 370 g/mol. The van der Waals surface area contributed by atoms with E-state index >= 15 is 0 Å². The Morgan fingerprint density at radius 2 is 1.58 bits per heavy atom. The quantitative estimate of drug-likeness (QED) is 0.500. The van der Waals surface area contributed by atoms with Crippen LogP contribution in [0.1, 0.15) is 27.4 Å². The summed E-state index contributed by atoms with van der Waals surface area (Å²) < 4.78 is 35.6. The summed E-state index contributed by atoms with van der Waals surface area (Å²) >= 11 is 0. The lowest BCUT2D eigenvalue weighted by Gasteiger charge is -2.08. The van der Waals surface area contributed by atoms with Crippen LogP contribution in [0.4, 0.5) is 0 Å². The number of sulfone groups is 1. The first kappa shape index (κ1) is 17.9. The summed E-state index contributed by atoms with van der Waals surface area (Å²) in [6, 6.07) is 16.6. The molecule has 0 aliphatic rings. The van der Waals surface area contributed by atoms with Gasteiger partial charge < -0.3 is 9.15 Å². The number of carbonyl (C=O) groups excluding carboxylic acids is 1. The van der Waals surface area contributed by atoms with Gasteiger partial charge in [-0.05, 0) is 49.2 Å². The van der Waals surface area contributed by atoms with E-state index in [2.05, 4.69) is 0 Å². The molecule has 0 atom stereocenters. The summed E-state index contributed by atoms with van der Waals surface area (Å²) in [5.74, 6) is -0.362. The Morgan fingerprint density at radius 1 is 0.923 bits per heavy atom. The van der Waals surface area contributed by atoms with E-state index in [1.807, 2.05) is 32.0 Å². The maximum Gasteiger partial charge on any atom is 0.379 e. The van der Waals surface area contributed by atoms with Gasteiger partial charge in [0, 0.05) is 0 Å².